The second-order valence-corrected chi connectivity index (χ2v) is 9.30. The Morgan fingerprint density at radius 1 is 0.909 bits per heavy atom. The monoisotopic (exact) mass is 451 g/mol. The van der Waals surface area contributed by atoms with Gasteiger partial charge in [0.25, 0.3) is 5.91 Å². The molecule has 2 aromatic rings. The third-order valence-corrected chi connectivity index (χ3v) is 5.89. The summed E-state index contributed by atoms with van der Waals surface area (Å²) in [5, 5.41) is 2.71. The zero-order valence-electron chi connectivity index (χ0n) is 19.9. The minimum Gasteiger partial charge on any atom is -0.497 e. The van der Waals surface area contributed by atoms with Crippen LogP contribution in [-0.2, 0) is 21.4 Å². The van der Waals surface area contributed by atoms with Crippen LogP contribution in [0.25, 0.3) is 0 Å². The molecule has 1 aliphatic heterocycles. The molecule has 2 aromatic carbocycles. The fraction of sp³-hybridized carbons (Fsp3) is 0.423. The molecule has 33 heavy (non-hydrogen) atoms. The summed E-state index contributed by atoms with van der Waals surface area (Å²) in [6.45, 7) is 8.18. The Balaban J connectivity index is 1.44. The lowest BCUT2D eigenvalue weighted by Crippen LogP contribution is -2.52. The van der Waals surface area contributed by atoms with Crippen LogP contribution in [0.1, 0.15) is 42.3 Å². The Labute approximate surface area is 195 Å². The molecule has 0 radical (unpaired) electrons. The van der Waals surface area contributed by atoms with Crippen LogP contribution in [0, 0.1) is 0 Å². The molecule has 1 N–H and O–H groups in total. The standard InChI is InChI=1S/C26H33N3O4/c1-26(2,3)21-10-8-20(9-11-21)25(32)27-18-24(31)29-14-12-28(13-15-29)23(30)17-19-6-5-7-22(16-19)33-4/h5-11,16H,12-15,17-18H2,1-4H3,(H,27,32). The van der Waals surface area contributed by atoms with Gasteiger partial charge in [0.2, 0.25) is 11.8 Å². The van der Waals surface area contributed by atoms with E-state index < -0.39 is 0 Å². The van der Waals surface area contributed by atoms with Crippen molar-refractivity contribution in [3.05, 3.63) is 65.2 Å². The van der Waals surface area contributed by atoms with Gasteiger partial charge in [0.05, 0.1) is 20.1 Å². The molecule has 0 spiro atoms. The fourth-order valence-corrected chi connectivity index (χ4v) is 3.77. The first-order valence-electron chi connectivity index (χ1n) is 11.2. The van der Waals surface area contributed by atoms with E-state index in [1.807, 2.05) is 36.4 Å². The van der Waals surface area contributed by atoms with E-state index in [0.29, 0.717) is 38.2 Å². The maximum atomic E-state index is 12.6. The van der Waals surface area contributed by atoms with Crippen LogP contribution < -0.4 is 10.1 Å². The lowest BCUT2D eigenvalue weighted by molar-refractivity contribution is -0.138. The Bertz CT molecular complexity index is 987. The summed E-state index contributed by atoms with van der Waals surface area (Å²) in [4.78, 5) is 41.1. The van der Waals surface area contributed by atoms with E-state index in [1.54, 1.807) is 29.0 Å². The second kappa shape index (κ2) is 10.5. The van der Waals surface area contributed by atoms with Crippen molar-refractivity contribution >= 4 is 17.7 Å². The van der Waals surface area contributed by atoms with E-state index in [0.717, 1.165) is 16.9 Å². The van der Waals surface area contributed by atoms with E-state index >= 15 is 0 Å². The molecule has 0 aliphatic carbocycles. The third kappa shape index (κ3) is 6.57. The largest absolute Gasteiger partial charge is 0.497 e. The first-order valence-corrected chi connectivity index (χ1v) is 11.2. The highest BCUT2D eigenvalue weighted by atomic mass is 16.5. The van der Waals surface area contributed by atoms with Gasteiger partial charge in [0, 0.05) is 31.7 Å². The predicted octanol–water partition coefficient (Wildman–Crippen LogP) is 2.64. The van der Waals surface area contributed by atoms with Gasteiger partial charge in [-0.25, -0.2) is 0 Å². The first kappa shape index (κ1) is 24.3. The first-order chi connectivity index (χ1) is 15.7. The van der Waals surface area contributed by atoms with Gasteiger partial charge in [0.1, 0.15) is 5.75 Å². The van der Waals surface area contributed by atoms with Crippen molar-refractivity contribution < 1.29 is 19.1 Å². The van der Waals surface area contributed by atoms with Crippen LogP contribution in [-0.4, -0.2) is 67.4 Å². The SMILES string of the molecule is COc1cccc(CC(=O)N2CCN(C(=O)CNC(=O)c3ccc(C(C)(C)C)cc3)CC2)c1. The summed E-state index contributed by atoms with van der Waals surface area (Å²) >= 11 is 0. The average Bonchev–Trinajstić information content (AvgIpc) is 2.82. The van der Waals surface area contributed by atoms with Gasteiger partial charge >= 0.3 is 0 Å². The van der Waals surface area contributed by atoms with Crippen LogP contribution in [0.3, 0.4) is 0 Å². The third-order valence-electron chi connectivity index (χ3n) is 5.89. The molecule has 0 saturated carbocycles. The quantitative estimate of drug-likeness (QED) is 0.732. The molecule has 0 unspecified atom stereocenters. The lowest BCUT2D eigenvalue weighted by atomic mass is 9.87. The van der Waals surface area contributed by atoms with E-state index in [1.165, 1.54) is 0 Å². The number of rotatable bonds is 6. The Hall–Kier alpha value is -3.35. The number of carbonyl (C=O) groups excluding carboxylic acids is 3. The van der Waals surface area contributed by atoms with Crippen molar-refractivity contribution in [2.75, 3.05) is 39.8 Å². The highest BCUT2D eigenvalue weighted by molar-refractivity contribution is 5.96. The molecule has 3 amide bonds. The van der Waals surface area contributed by atoms with Crippen LogP contribution in [0.15, 0.2) is 48.5 Å². The Morgan fingerprint density at radius 2 is 1.52 bits per heavy atom. The molecule has 1 heterocycles. The number of nitrogens with one attached hydrogen (secondary N) is 1. The number of amides is 3. The van der Waals surface area contributed by atoms with Crippen molar-refractivity contribution in [1.82, 2.24) is 15.1 Å². The zero-order valence-corrected chi connectivity index (χ0v) is 19.9. The van der Waals surface area contributed by atoms with Gasteiger partial charge in [0.15, 0.2) is 0 Å². The highest BCUT2D eigenvalue weighted by Crippen LogP contribution is 2.22. The van der Waals surface area contributed by atoms with Crippen molar-refractivity contribution in [1.29, 1.82) is 0 Å². The minimum atomic E-state index is -0.268. The predicted molar refractivity (Wildman–Crippen MR) is 127 cm³/mol. The van der Waals surface area contributed by atoms with Crippen molar-refractivity contribution in [2.24, 2.45) is 0 Å². The summed E-state index contributed by atoms with van der Waals surface area (Å²) in [5.74, 6) is 0.343. The molecule has 3 rings (SSSR count). The maximum Gasteiger partial charge on any atom is 0.251 e. The van der Waals surface area contributed by atoms with E-state index in [-0.39, 0.29) is 29.7 Å². The molecule has 1 fully saturated rings. The smallest absolute Gasteiger partial charge is 0.251 e. The maximum absolute atomic E-state index is 12.6. The number of carbonyl (C=O) groups is 3. The molecule has 0 atom stereocenters. The molecule has 176 valence electrons. The molecule has 0 aromatic heterocycles. The molecule has 1 aliphatic rings. The van der Waals surface area contributed by atoms with Crippen molar-refractivity contribution in [3.63, 3.8) is 0 Å². The van der Waals surface area contributed by atoms with Gasteiger partial charge in [-0.05, 0) is 40.8 Å². The van der Waals surface area contributed by atoms with Crippen molar-refractivity contribution in [3.8, 4) is 5.75 Å². The molecule has 7 nitrogen and oxygen atoms in total. The van der Waals surface area contributed by atoms with Gasteiger partial charge < -0.3 is 19.9 Å². The minimum absolute atomic E-state index is 0.0163. The Kier molecular flexibility index (Phi) is 7.74. The molecule has 0 bridgehead atoms. The van der Waals surface area contributed by atoms with Gasteiger partial charge in [-0.2, -0.15) is 0 Å². The number of ether oxygens (including phenoxy) is 1. The van der Waals surface area contributed by atoms with Gasteiger partial charge in [-0.3, -0.25) is 14.4 Å². The topological polar surface area (TPSA) is 79.0 Å². The molecule has 1 saturated heterocycles. The second-order valence-electron chi connectivity index (χ2n) is 9.30. The molecular formula is C26H33N3O4. The van der Waals surface area contributed by atoms with E-state index in [4.69, 9.17) is 4.74 Å². The number of benzene rings is 2. The average molecular weight is 452 g/mol. The van der Waals surface area contributed by atoms with Crippen LogP contribution >= 0.6 is 0 Å². The number of piperazine rings is 1. The van der Waals surface area contributed by atoms with Gasteiger partial charge in [-0.15, -0.1) is 0 Å². The Morgan fingerprint density at radius 3 is 2.09 bits per heavy atom. The zero-order chi connectivity index (χ0) is 24.0. The summed E-state index contributed by atoms with van der Waals surface area (Å²) in [6.07, 6.45) is 0.301. The summed E-state index contributed by atoms with van der Waals surface area (Å²) in [5.41, 5.74) is 2.59. The molecule has 7 heteroatoms. The van der Waals surface area contributed by atoms with E-state index in [9.17, 15) is 14.4 Å². The van der Waals surface area contributed by atoms with Crippen LogP contribution in [0.5, 0.6) is 5.75 Å². The summed E-state index contributed by atoms with van der Waals surface area (Å²) in [6, 6.07) is 14.9. The molecular weight excluding hydrogens is 418 g/mol. The number of hydrogen-bond acceptors (Lipinski definition) is 4. The highest BCUT2D eigenvalue weighted by Gasteiger charge is 2.24. The number of hydrogen-bond donors (Lipinski definition) is 1. The van der Waals surface area contributed by atoms with E-state index in [2.05, 4.69) is 26.1 Å². The normalized spacial score (nSPS) is 14.1. The van der Waals surface area contributed by atoms with Gasteiger partial charge in [-0.1, -0.05) is 45.0 Å². The van der Waals surface area contributed by atoms with Crippen molar-refractivity contribution in [2.45, 2.75) is 32.6 Å². The fourth-order valence-electron chi connectivity index (χ4n) is 3.77. The lowest BCUT2D eigenvalue weighted by Gasteiger charge is -2.35. The number of nitrogens with zero attached hydrogens (tertiary/aromatic N) is 2. The van der Waals surface area contributed by atoms with Crippen LogP contribution in [0.2, 0.25) is 0 Å². The summed E-state index contributed by atoms with van der Waals surface area (Å²) in [7, 11) is 1.60. The summed E-state index contributed by atoms with van der Waals surface area (Å²) < 4.78 is 5.21. The van der Waals surface area contributed by atoms with Crippen LogP contribution in [0.4, 0.5) is 0 Å². The number of methoxy groups -OCH3 is 1.